The van der Waals surface area contributed by atoms with Crippen LogP contribution in [0.25, 0.3) is 17.1 Å². The van der Waals surface area contributed by atoms with E-state index in [0.717, 1.165) is 4.68 Å². The first-order valence-electron chi connectivity index (χ1n) is 11.8. The Hall–Kier alpha value is -3.82. The summed E-state index contributed by atoms with van der Waals surface area (Å²) in [5, 5.41) is 18.5. The highest BCUT2D eigenvalue weighted by Crippen LogP contribution is 2.26. The molecule has 5 rings (SSSR count). The zero-order valence-electron chi connectivity index (χ0n) is 20.4. The van der Waals surface area contributed by atoms with E-state index in [1.54, 1.807) is 24.3 Å². The van der Waals surface area contributed by atoms with Gasteiger partial charge in [-0.15, -0.1) is 10.2 Å². The minimum atomic E-state index is -4.96. The van der Waals surface area contributed by atoms with Crippen molar-refractivity contribution in [2.45, 2.75) is 25.4 Å². The molecule has 0 bridgehead atoms. The van der Waals surface area contributed by atoms with Crippen molar-refractivity contribution in [1.82, 2.24) is 29.1 Å². The maximum atomic E-state index is 13.1. The van der Waals surface area contributed by atoms with Crippen LogP contribution in [0.4, 0.5) is 13.2 Å². The molecule has 4 aromatic rings. The van der Waals surface area contributed by atoms with E-state index in [4.69, 9.17) is 11.6 Å². The smallest absolute Gasteiger partial charge is 0.382 e. The number of Topliss-reactive ketones (excluding diaryl/α,β-unsaturated/α-hetero) is 1. The van der Waals surface area contributed by atoms with Gasteiger partial charge in [0.1, 0.15) is 12.9 Å². The average Bonchev–Trinajstić information content (AvgIpc) is 3.47. The summed E-state index contributed by atoms with van der Waals surface area (Å²) in [4.78, 5) is 30.1. The van der Waals surface area contributed by atoms with E-state index in [1.807, 2.05) is 0 Å². The molecule has 1 aliphatic heterocycles. The lowest BCUT2D eigenvalue weighted by Crippen LogP contribution is -2.41. The molecular weight excluding hydrogens is 577 g/mol. The van der Waals surface area contributed by atoms with Crippen molar-refractivity contribution in [1.29, 1.82) is 0 Å². The number of halogens is 4. The molecule has 0 spiro atoms. The maximum absolute atomic E-state index is 13.1. The molecule has 1 aliphatic rings. The van der Waals surface area contributed by atoms with Gasteiger partial charge in [0, 0.05) is 16.1 Å². The van der Waals surface area contributed by atoms with E-state index in [-0.39, 0.29) is 41.0 Å². The van der Waals surface area contributed by atoms with Crippen LogP contribution < -0.4 is 5.69 Å². The third kappa shape index (κ3) is 5.57. The van der Waals surface area contributed by atoms with Gasteiger partial charge in [0.25, 0.3) is 0 Å². The topological polar surface area (TPSA) is 142 Å². The second-order valence-corrected chi connectivity index (χ2v) is 11.8. The summed E-state index contributed by atoms with van der Waals surface area (Å²) >= 11 is 5.90. The monoisotopic (exact) mass is 596 g/mol. The fraction of sp³-hybridized carbons (Fsp3) is 0.292. The molecule has 3 heterocycles. The number of sulfone groups is 1. The molecule has 2 aromatic carbocycles. The summed E-state index contributed by atoms with van der Waals surface area (Å²) in [6.45, 7) is -1.42. The molecule has 0 unspecified atom stereocenters. The van der Waals surface area contributed by atoms with E-state index in [9.17, 15) is 36.3 Å². The zero-order chi connectivity index (χ0) is 28.8. The molecule has 0 saturated carbocycles. The summed E-state index contributed by atoms with van der Waals surface area (Å²) in [6, 6.07) is 12.3. The summed E-state index contributed by atoms with van der Waals surface area (Å²) < 4.78 is 65.2. The zero-order valence-corrected chi connectivity index (χ0v) is 21.9. The molecule has 0 amide bonds. The largest absolute Gasteiger partial charge is 0.416 e. The molecule has 1 atom stereocenters. The molecule has 2 aromatic heterocycles. The highest BCUT2D eigenvalue weighted by atomic mass is 35.5. The molecule has 1 fully saturated rings. The molecule has 0 aliphatic carbocycles. The molecule has 1 saturated heterocycles. The van der Waals surface area contributed by atoms with Crippen LogP contribution in [0.3, 0.4) is 0 Å². The fourth-order valence-electron chi connectivity index (χ4n) is 4.23. The predicted molar refractivity (Wildman–Crippen MR) is 136 cm³/mol. The van der Waals surface area contributed by atoms with Crippen LogP contribution in [0.5, 0.6) is 0 Å². The number of rotatable bonds is 8. The van der Waals surface area contributed by atoms with Crippen LogP contribution in [-0.2, 0) is 22.9 Å². The number of alkyl halides is 3. The first kappa shape index (κ1) is 27.7. The van der Waals surface area contributed by atoms with Crippen molar-refractivity contribution in [2.75, 3.05) is 11.5 Å². The van der Waals surface area contributed by atoms with Crippen molar-refractivity contribution in [2.24, 2.45) is 5.92 Å². The SMILES string of the molecule is O=C(c1ccccc1-n1cnc(Cn2nc(-c3ccc(Cl)cc3)n(C[C@H](O)C(F)(F)F)c2=O)n1)C1CS(=O)(=O)C1. The molecular formula is C24H20ClF3N6O5S. The van der Waals surface area contributed by atoms with E-state index in [2.05, 4.69) is 15.2 Å². The second-order valence-electron chi connectivity index (χ2n) is 9.20. The predicted octanol–water partition coefficient (Wildman–Crippen LogP) is 2.14. The van der Waals surface area contributed by atoms with Gasteiger partial charge in [0.2, 0.25) is 0 Å². The number of aromatic nitrogens is 6. The van der Waals surface area contributed by atoms with Crippen molar-refractivity contribution in [3.63, 3.8) is 0 Å². The number of aliphatic hydroxyl groups is 1. The quantitative estimate of drug-likeness (QED) is 0.305. The van der Waals surface area contributed by atoms with Crippen LogP contribution in [0.1, 0.15) is 16.2 Å². The van der Waals surface area contributed by atoms with Crippen LogP contribution in [0.2, 0.25) is 5.02 Å². The Labute approximate surface area is 229 Å². The van der Waals surface area contributed by atoms with Crippen molar-refractivity contribution in [3.8, 4) is 17.1 Å². The molecule has 0 radical (unpaired) electrons. The first-order chi connectivity index (χ1) is 18.8. The minimum Gasteiger partial charge on any atom is -0.382 e. The van der Waals surface area contributed by atoms with Gasteiger partial charge >= 0.3 is 11.9 Å². The number of carbonyl (C=O) groups is 1. The van der Waals surface area contributed by atoms with Crippen LogP contribution in [0, 0.1) is 5.92 Å². The van der Waals surface area contributed by atoms with Crippen molar-refractivity contribution in [3.05, 3.63) is 81.8 Å². The molecule has 1 N–H and O–H groups in total. The lowest BCUT2D eigenvalue weighted by atomic mass is 9.98. The standard InChI is InChI=1S/C24H20ClF3N6O5S/c25-16-7-5-14(6-8-16)22-31-33(23(37)32(22)9-19(35)24(26,27)28)10-20-29-13-34(30-20)18-4-2-1-3-17(18)21(36)15-11-40(38,39)12-15/h1-8,13,15,19,35H,9-12H2/t19-/m0/s1. The second kappa shape index (κ2) is 10.3. The van der Waals surface area contributed by atoms with Gasteiger partial charge in [0.05, 0.1) is 29.7 Å². The summed E-state index contributed by atoms with van der Waals surface area (Å²) in [5.74, 6) is -1.54. The Balaban J connectivity index is 1.45. The number of nitrogens with zero attached hydrogens (tertiary/aromatic N) is 6. The number of benzene rings is 2. The lowest BCUT2D eigenvalue weighted by molar-refractivity contribution is -0.207. The summed E-state index contributed by atoms with van der Waals surface area (Å²) in [5.41, 5.74) is -0.0695. The Bertz CT molecular complexity index is 1740. The Morgan fingerprint density at radius 1 is 1.10 bits per heavy atom. The van der Waals surface area contributed by atoms with E-state index >= 15 is 0 Å². The molecule has 16 heteroatoms. The number of aliphatic hydroxyl groups excluding tert-OH is 1. The van der Waals surface area contributed by atoms with Crippen LogP contribution in [-0.4, -0.2) is 72.2 Å². The highest BCUT2D eigenvalue weighted by molar-refractivity contribution is 7.92. The number of para-hydroxylation sites is 1. The van der Waals surface area contributed by atoms with Gasteiger partial charge in [-0.05, 0) is 36.4 Å². The lowest BCUT2D eigenvalue weighted by Gasteiger charge is -2.25. The molecule has 210 valence electrons. The fourth-order valence-corrected chi connectivity index (χ4v) is 5.79. The normalized spacial score (nSPS) is 16.0. The number of carbonyl (C=O) groups excluding carboxylic acids is 1. The Kier molecular flexibility index (Phi) is 7.14. The van der Waals surface area contributed by atoms with Crippen LogP contribution >= 0.6 is 11.6 Å². The van der Waals surface area contributed by atoms with E-state index < -0.39 is 40.3 Å². The molecule has 11 nitrogen and oxygen atoms in total. The summed E-state index contributed by atoms with van der Waals surface area (Å²) in [7, 11) is -3.22. The molecule has 40 heavy (non-hydrogen) atoms. The maximum Gasteiger partial charge on any atom is 0.416 e. The van der Waals surface area contributed by atoms with Gasteiger partial charge in [-0.25, -0.2) is 27.6 Å². The van der Waals surface area contributed by atoms with Crippen molar-refractivity contribution < 1.29 is 31.5 Å². The number of hydrogen-bond acceptors (Lipinski definition) is 8. The van der Waals surface area contributed by atoms with Gasteiger partial charge in [-0.2, -0.15) is 13.2 Å². The Morgan fingerprint density at radius 3 is 2.42 bits per heavy atom. The van der Waals surface area contributed by atoms with Crippen LogP contribution in [0.15, 0.2) is 59.7 Å². The first-order valence-corrected chi connectivity index (χ1v) is 14.0. The van der Waals surface area contributed by atoms with Crippen molar-refractivity contribution >= 4 is 27.2 Å². The van der Waals surface area contributed by atoms with E-state index in [0.29, 0.717) is 20.8 Å². The van der Waals surface area contributed by atoms with E-state index in [1.165, 1.54) is 35.3 Å². The summed E-state index contributed by atoms with van der Waals surface area (Å²) in [6.07, 6.45) is -6.49. The van der Waals surface area contributed by atoms with Gasteiger partial charge in [0.15, 0.2) is 33.4 Å². The number of hydrogen-bond donors (Lipinski definition) is 1. The van der Waals surface area contributed by atoms with Gasteiger partial charge in [-0.1, -0.05) is 23.7 Å². The highest BCUT2D eigenvalue weighted by Gasteiger charge is 2.40. The number of ketones is 1. The third-order valence-electron chi connectivity index (χ3n) is 6.29. The van der Waals surface area contributed by atoms with Gasteiger partial charge in [-0.3, -0.25) is 9.36 Å². The average molecular weight is 597 g/mol. The minimum absolute atomic E-state index is 0.0549. The van der Waals surface area contributed by atoms with Gasteiger partial charge < -0.3 is 5.11 Å². The Morgan fingerprint density at radius 2 is 1.77 bits per heavy atom. The third-order valence-corrected chi connectivity index (χ3v) is 8.36.